The lowest BCUT2D eigenvalue weighted by Gasteiger charge is -2.25. The van der Waals surface area contributed by atoms with Gasteiger partial charge in [0.1, 0.15) is 11.8 Å². The number of hydrogen-bond acceptors (Lipinski definition) is 4. The van der Waals surface area contributed by atoms with Crippen LogP contribution in [-0.2, 0) is 6.54 Å². The van der Waals surface area contributed by atoms with Gasteiger partial charge in [0.15, 0.2) is 0 Å². The lowest BCUT2D eigenvalue weighted by Crippen LogP contribution is -2.37. The molecule has 4 nitrogen and oxygen atoms in total. The maximum absolute atomic E-state index is 8.89. The predicted molar refractivity (Wildman–Crippen MR) is 75.5 cm³/mol. The first kappa shape index (κ1) is 14.0. The molecule has 1 aliphatic heterocycles. The Morgan fingerprint density at radius 2 is 2.47 bits per heavy atom. The maximum atomic E-state index is 8.89. The molecule has 1 saturated heterocycles. The third-order valence-electron chi connectivity index (χ3n) is 3.53. The predicted octanol–water partition coefficient (Wildman–Crippen LogP) is 1.92. The number of nitriles is 1. The molecule has 0 bridgehead atoms. The largest absolute Gasteiger partial charge is 0.313 e. The fraction of sp³-hybridized carbons (Fsp3) is 0.600. The molecule has 102 valence electrons. The van der Waals surface area contributed by atoms with Gasteiger partial charge < -0.3 is 5.32 Å². The van der Waals surface area contributed by atoms with Crippen molar-refractivity contribution in [2.24, 2.45) is 0 Å². The van der Waals surface area contributed by atoms with Crippen molar-refractivity contribution in [3.63, 3.8) is 0 Å². The van der Waals surface area contributed by atoms with E-state index in [1.165, 1.54) is 18.4 Å². The van der Waals surface area contributed by atoms with Crippen LogP contribution in [0.2, 0.25) is 0 Å². The second-order valence-electron chi connectivity index (χ2n) is 5.19. The minimum Gasteiger partial charge on any atom is -0.313 e. The summed E-state index contributed by atoms with van der Waals surface area (Å²) < 4.78 is 0. The van der Waals surface area contributed by atoms with Gasteiger partial charge >= 0.3 is 0 Å². The summed E-state index contributed by atoms with van der Waals surface area (Å²) in [5.41, 5.74) is 1.69. The molecule has 19 heavy (non-hydrogen) atoms. The molecule has 1 unspecified atom stereocenters. The molecule has 1 fully saturated rings. The minimum absolute atomic E-state index is 0.507. The first-order valence-electron chi connectivity index (χ1n) is 7.12. The van der Waals surface area contributed by atoms with Gasteiger partial charge in [0.25, 0.3) is 0 Å². The van der Waals surface area contributed by atoms with Gasteiger partial charge in [-0.25, -0.2) is 4.98 Å². The molecule has 0 radical (unpaired) electrons. The normalized spacial score (nSPS) is 18.7. The van der Waals surface area contributed by atoms with Crippen LogP contribution < -0.4 is 5.32 Å². The fourth-order valence-corrected chi connectivity index (χ4v) is 2.67. The smallest absolute Gasteiger partial charge is 0.140 e. The van der Waals surface area contributed by atoms with E-state index in [0.717, 1.165) is 32.6 Å². The molecule has 0 amide bonds. The lowest BCUT2D eigenvalue weighted by atomic mass is 10.1. The Morgan fingerprint density at radius 3 is 3.16 bits per heavy atom. The van der Waals surface area contributed by atoms with E-state index in [4.69, 9.17) is 5.26 Å². The SMILES string of the molecule is CCCN(Cc1ccnc(C#N)c1)CC1CCCN1. The first-order chi connectivity index (χ1) is 9.31. The van der Waals surface area contributed by atoms with Crippen LogP contribution in [0.3, 0.4) is 0 Å². The van der Waals surface area contributed by atoms with Crippen molar-refractivity contribution in [2.75, 3.05) is 19.6 Å². The Hall–Kier alpha value is -1.44. The van der Waals surface area contributed by atoms with E-state index >= 15 is 0 Å². The standard InChI is InChI=1S/C15H22N4/c1-2-8-19(12-14-4-3-6-17-14)11-13-5-7-18-15(9-13)10-16/h5,7,9,14,17H,2-4,6,8,11-12H2,1H3. The molecule has 0 saturated carbocycles. The Labute approximate surface area is 115 Å². The van der Waals surface area contributed by atoms with E-state index in [0.29, 0.717) is 11.7 Å². The van der Waals surface area contributed by atoms with Crippen molar-refractivity contribution in [1.29, 1.82) is 5.26 Å². The highest BCUT2D eigenvalue weighted by Crippen LogP contribution is 2.11. The molecule has 1 aromatic heterocycles. The van der Waals surface area contributed by atoms with Crippen molar-refractivity contribution >= 4 is 0 Å². The van der Waals surface area contributed by atoms with E-state index in [9.17, 15) is 0 Å². The van der Waals surface area contributed by atoms with Gasteiger partial charge in [-0.05, 0) is 50.0 Å². The second-order valence-corrected chi connectivity index (χ2v) is 5.19. The van der Waals surface area contributed by atoms with Crippen LogP contribution in [0.15, 0.2) is 18.3 Å². The fourth-order valence-electron chi connectivity index (χ4n) is 2.67. The van der Waals surface area contributed by atoms with Crippen LogP contribution in [0, 0.1) is 11.3 Å². The van der Waals surface area contributed by atoms with Gasteiger partial charge in [-0.3, -0.25) is 4.90 Å². The molecule has 4 heteroatoms. The minimum atomic E-state index is 0.507. The molecule has 0 aliphatic carbocycles. The summed E-state index contributed by atoms with van der Waals surface area (Å²) >= 11 is 0. The average Bonchev–Trinajstić information content (AvgIpc) is 2.92. The maximum Gasteiger partial charge on any atom is 0.140 e. The van der Waals surface area contributed by atoms with Crippen LogP contribution >= 0.6 is 0 Å². The summed E-state index contributed by atoms with van der Waals surface area (Å²) in [7, 11) is 0. The molecule has 2 rings (SSSR count). The number of pyridine rings is 1. The summed E-state index contributed by atoms with van der Waals surface area (Å²) in [6.45, 7) is 6.46. The Bertz CT molecular complexity index is 432. The lowest BCUT2D eigenvalue weighted by molar-refractivity contribution is 0.241. The van der Waals surface area contributed by atoms with Crippen molar-refractivity contribution < 1.29 is 0 Å². The van der Waals surface area contributed by atoms with E-state index in [1.54, 1.807) is 6.20 Å². The zero-order chi connectivity index (χ0) is 13.5. The zero-order valence-electron chi connectivity index (χ0n) is 11.6. The average molecular weight is 258 g/mol. The molecule has 1 N–H and O–H groups in total. The van der Waals surface area contributed by atoms with Crippen LogP contribution in [0.5, 0.6) is 0 Å². The number of nitrogens with zero attached hydrogens (tertiary/aromatic N) is 3. The Morgan fingerprint density at radius 1 is 1.58 bits per heavy atom. The molecule has 1 aliphatic rings. The number of rotatable bonds is 6. The van der Waals surface area contributed by atoms with Crippen LogP contribution in [-0.4, -0.2) is 35.6 Å². The topological polar surface area (TPSA) is 52.0 Å². The molecular weight excluding hydrogens is 236 g/mol. The summed E-state index contributed by atoms with van der Waals surface area (Å²) in [5, 5.41) is 12.4. The summed E-state index contributed by atoms with van der Waals surface area (Å²) in [4.78, 5) is 6.49. The Kier molecular flexibility index (Phi) is 5.31. The monoisotopic (exact) mass is 258 g/mol. The van der Waals surface area contributed by atoms with Gasteiger partial charge in [0.05, 0.1) is 0 Å². The third kappa shape index (κ3) is 4.30. The molecule has 0 aromatic carbocycles. The molecular formula is C15H22N4. The molecule has 1 atom stereocenters. The van der Waals surface area contributed by atoms with Crippen molar-refractivity contribution in [3.8, 4) is 6.07 Å². The van der Waals surface area contributed by atoms with Crippen LogP contribution in [0.1, 0.15) is 37.4 Å². The van der Waals surface area contributed by atoms with Crippen LogP contribution in [0.25, 0.3) is 0 Å². The summed E-state index contributed by atoms with van der Waals surface area (Å²) in [6.07, 6.45) is 5.45. The van der Waals surface area contributed by atoms with E-state index in [1.807, 2.05) is 12.1 Å². The van der Waals surface area contributed by atoms with Crippen molar-refractivity contribution in [1.82, 2.24) is 15.2 Å². The number of hydrogen-bond donors (Lipinski definition) is 1. The Balaban J connectivity index is 1.96. The van der Waals surface area contributed by atoms with Gasteiger partial charge in [-0.1, -0.05) is 6.92 Å². The van der Waals surface area contributed by atoms with E-state index in [-0.39, 0.29) is 0 Å². The van der Waals surface area contributed by atoms with Crippen LogP contribution in [0.4, 0.5) is 0 Å². The second kappa shape index (κ2) is 7.22. The summed E-state index contributed by atoms with van der Waals surface area (Å²) in [5.74, 6) is 0. The van der Waals surface area contributed by atoms with Gasteiger partial charge in [0, 0.05) is 25.3 Å². The zero-order valence-corrected chi connectivity index (χ0v) is 11.6. The highest BCUT2D eigenvalue weighted by molar-refractivity contribution is 5.25. The van der Waals surface area contributed by atoms with Crippen molar-refractivity contribution in [3.05, 3.63) is 29.6 Å². The van der Waals surface area contributed by atoms with E-state index in [2.05, 4.69) is 28.2 Å². The number of aromatic nitrogens is 1. The molecule has 1 aromatic rings. The third-order valence-corrected chi connectivity index (χ3v) is 3.53. The number of nitrogens with one attached hydrogen (secondary N) is 1. The van der Waals surface area contributed by atoms with Gasteiger partial charge in [0.2, 0.25) is 0 Å². The summed E-state index contributed by atoms with van der Waals surface area (Å²) in [6, 6.07) is 6.63. The van der Waals surface area contributed by atoms with Crippen molar-refractivity contribution in [2.45, 2.75) is 38.8 Å². The molecule has 0 spiro atoms. The first-order valence-corrected chi connectivity index (χ1v) is 7.12. The van der Waals surface area contributed by atoms with Gasteiger partial charge in [-0.15, -0.1) is 0 Å². The van der Waals surface area contributed by atoms with Gasteiger partial charge in [-0.2, -0.15) is 5.26 Å². The highest BCUT2D eigenvalue weighted by Gasteiger charge is 2.17. The van der Waals surface area contributed by atoms with E-state index < -0.39 is 0 Å². The highest BCUT2D eigenvalue weighted by atomic mass is 15.1. The molecule has 2 heterocycles. The quantitative estimate of drug-likeness (QED) is 0.847.